The van der Waals surface area contributed by atoms with Crippen molar-refractivity contribution in [2.45, 2.75) is 13.5 Å². The molecule has 1 aromatic heterocycles. The van der Waals surface area contributed by atoms with Crippen LogP contribution >= 0.6 is 0 Å². The van der Waals surface area contributed by atoms with Crippen LogP contribution in [0, 0.1) is 6.92 Å². The molecule has 0 unspecified atom stereocenters. The van der Waals surface area contributed by atoms with E-state index in [2.05, 4.69) is 39.3 Å². The quantitative estimate of drug-likeness (QED) is 0.778. The van der Waals surface area contributed by atoms with Gasteiger partial charge in [0.1, 0.15) is 5.82 Å². The monoisotopic (exact) mass is 254 g/mol. The molecule has 0 saturated heterocycles. The van der Waals surface area contributed by atoms with E-state index < -0.39 is 0 Å². The molecule has 2 N–H and O–H groups in total. The first-order valence-corrected chi connectivity index (χ1v) is 6.26. The van der Waals surface area contributed by atoms with E-state index >= 15 is 0 Å². The molecular formula is C15H18N4. The van der Waals surface area contributed by atoms with Crippen molar-refractivity contribution < 1.29 is 0 Å². The second-order valence-electron chi connectivity index (χ2n) is 4.23. The molecule has 0 saturated carbocycles. The Morgan fingerprint density at radius 1 is 1.16 bits per heavy atom. The van der Waals surface area contributed by atoms with Gasteiger partial charge in [-0.15, -0.1) is 6.58 Å². The van der Waals surface area contributed by atoms with Crippen molar-refractivity contribution in [2.75, 3.05) is 17.2 Å². The molecule has 2 aromatic rings. The van der Waals surface area contributed by atoms with E-state index in [1.807, 2.05) is 31.2 Å². The smallest absolute Gasteiger partial charge is 0.225 e. The van der Waals surface area contributed by atoms with Crippen molar-refractivity contribution in [3.63, 3.8) is 0 Å². The number of nitrogens with one attached hydrogen (secondary N) is 2. The van der Waals surface area contributed by atoms with Crippen LogP contribution in [0.5, 0.6) is 0 Å². The second kappa shape index (κ2) is 6.54. The Morgan fingerprint density at radius 3 is 2.68 bits per heavy atom. The summed E-state index contributed by atoms with van der Waals surface area (Å²) in [4.78, 5) is 8.72. The fourth-order valence-electron chi connectivity index (χ4n) is 1.69. The normalized spacial score (nSPS) is 9.95. The molecule has 0 bridgehead atoms. The molecular weight excluding hydrogens is 236 g/mol. The summed E-state index contributed by atoms with van der Waals surface area (Å²) in [6, 6.07) is 12.2. The third-order valence-electron chi connectivity index (χ3n) is 2.58. The summed E-state index contributed by atoms with van der Waals surface area (Å²) in [5.41, 5.74) is 2.15. The minimum atomic E-state index is 0.621. The van der Waals surface area contributed by atoms with Crippen LogP contribution in [-0.4, -0.2) is 16.5 Å². The Balaban J connectivity index is 2.03. The van der Waals surface area contributed by atoms with Gasteiger partial charge >= 0.3 is 0 Å². The molecule has 0 fully saturated rings. The molecule has 4 nitrogen and oxygen atoms in total. The van der Waals surface area contributed by atoms with Crippen molar-refractivity contribution in [3.8, 4) is 0 Å². The minimum absolute atomic E-state index is 0.621. The topological polar surface area (TPSA) is 49.8 Å². The first kappa shape index (κ1) is 13.1. The molecule has 0 spiro atoms. The largest absolute Gasteiger partial charge is 0.366 e. The van der Waals surface area contributed by atoms with E-state index in [9.17, 15) is 0 Å². The molecule has 0 aliphatic heterocycles. The number of aromatic nitrogens is 2. The Labute approximate surface area is 113 Å². The number of hydrogen-bond acceptors (Lipinski definition) is 4. The molecule has 2 rings (SSSR count). The summed E-state index contributed by atoms with van der Waals surface area (Å²) in [5.74, 6) is 1.44. The lowest BCUT2D eigenvalue weighted by atomic mass is 10.2. The Morgan fingerprint density at radius 2 is 1.95 bits per heavy atom. The van der Waals surface area contributed by atoms with E-state index in [1.165, 1.54) is 5.56 Å². The maximum Gasteiger partial charge on any atom is 0.225 e. The number of benzene rings is 1. The number of rotatable bonds is 6. The first-order valence-electron chi connectivity index (χ1n) is 6.26. The van der Waals surface area contributed by atoms with Gasteiger partial charge in [0.25, 0.3) is 0 Å². The second-order valence-corrected chi connectivity index (χ2v) is 4.23. The zero-order valence-corrected chi connectivity index (χ0v) is 11.1. The van der Waals surface area contributed by atoms with Crippen molar-refractivity contribution in [1.29, 1.82) is 0 Å². The van der Waals surface area contributed by atoms with Gasteiger partial charge in [-0.25, -0.2) is 4.98 Å². The lowest BCUT2D eigenvalue weighted by Gasteiger charge is -2.09. The predicted octanol–water partition coefficient (Wildman–Crippen LogP) is 3.00. The van der Waals surface area contributed by atoms with Gasteiger partial charge < -0.3 is 10.6 Å². The number of hydrogen-bond donors (Lipinski definition) is 2. The number of aryl methyl sites for hydroxylation is 1. The molecule has 0 atom stereocenters. The Hall–Kier alpha value is -2.36. The van der Waals surface area contributed by atoms with Gasteiger partial charge in [-0.3, -0.25) is 0 Å². The average molecular weight is 254 g/mol. The van der Waals surface area contributed by atoms with Gasteiger partial charge in [-0.1, -0.05) is 36.4 Å². The van der Waals surface area contributed by atoms with E-state index in [-0.39, 0.29) is 0 Å². The zero-order valence-electron chi connectivity index (χ0n) is 11.1. The summed E-state index contributed by atoms with van der Waals surface area (Å²) in [7, 11) is 0. The van der Waals surface area contributed by atoms with Crippen molar-refractivity contribution in [1.82, 2.24) is 9.97 Å². The Kier molecular flexibility index (Phi) is 4.50. The zero-order chi connectivity index (χ0) is 13.5. The van der Waals surface area contributed by atoms with Gasteiger partial charge in [0.2, 0.25) is 5.95 Å². The minimum Gasteiger partial charge on any atom is -0.366 e. The van der Waals surface area contributed by atoms with Gasteiger partial charge in [0.15, 0.2) is 0 Å². The molecule has 4 heteroatoms. The van der Waals surface area contributed by atoms with Crippen LogP contribution in [0.25, 0.3) is 0 Å². The standard InChI is InChI=1S/C15H18N4/c1-3-9-16-15-18-12(2)10-14(19-15)17-11-13-7-5-4-6-8-13/h3-8,10H,1,9,11H2,2H3,(H2,16,17,18,19). The van der Waals surface area contributed by atoms with Gasteiger partial charge in [0.05, 0.1) is 0 Å². The third-order valence-corrected chi connectivity index (χ3v) is 2.58. The molecule has 0 radical (unpaired) electrons. The average Bonchev–Trinajstić information content (AvgIpc) is 2.43. The van der Waals surface area contributed by atoms with Crippen LogP contribution in [-0.2, 0) is 6.54 Å². The molecule has 98 valence electrons. The molecule has 1 aromatic carbocycles. The molecule has 0 aliphatic carbocycles. The molecule has 0 amide bonds. The van der Waals surface area contributed by atoms with Crippen LogP contribution in [0.4, 0.5) is 11.8 Å². The maximum atomic E-state index is 4.41. The van der Waals surface area contributed by atoms with Gasteiger partial charge in [-0.2, -0.15) is 4.98 Å². The highest BCUT2D eigenvalue weighted by Gasteiger charge is 2.01. The van der Waals surface area contributed by atoms with Crippen LogP contribution in [0.1, 0.15) is 11.3 Å². The highest BCUT2D eigenvalue weighted by molar-refractivity contribution is 5.42. The van der Waals surface area contributed by atoms with Crippen LogP contribution in [0.3, 0.4) is 0 Å². The highest BCUT2D eigenvalue weighted by atomic mass is 15.1. The van der Waals surface area contributed by atoms with E-state index in [1.54, 1.807) is 6.08 Å². The van der Waals surface area contributed by atoms with E-state index in [0.29, 0.717) is 12.5 Å². The van der Waals surface area contributed by atoms with Crippen molar-refractivity contribution in [2.24, 2.45) is 0 Å². The Bertz CT molecular complexity index is 537. The van der Waals surface area contributed by atoms with Crippen molar-refractivity contribution in [3.05, 3.63) is 60.3 Å². The first-order chi connectivity index (χ1) is 9.28. The van der Waals surface area contributed by atoms with Crippen molar-refractivity contribution >= 4 is 11.8 Å². The fourth-order valence-corrected chi connectivity index (χ4v) is 1.69. The fraction of sp³-hybridized carbons (Fsp3) is 0.200. The summed E-state index contributed by atoms with van der Waals surface area (Å²) >= 11 is 0. The summed E-state index contributed by atoms with van der Waals surface area (Å²) in [6.45, 7) is 7.02. The van der Waals surface area contributed by atoms with Gasteiger partial charge in [0, 0.05) is 24.8 Å². The van der Waals surface area contributed by atoms with Crippen LogP contribution in [0.15, 0.2) is 49.1 Å². The van der Waals surface area contributed by atoms with E-state index in [4.69, 9.17) is 0 Å². The number of nitrogens with zero attached hydrogens (tertiary/aromatic N) is 2. The van der Waals surface area contributed by atoms with Crippen LogP contribution in [0.2, 0.25) is 0 Å². The third kappa shape index (κ3) is 4.10. The maximum absolute atomic E-state index is 4.41. The molecule has 19 heavy (non-hydrogen) atoms. The summed E-state index contributed by atoms with van der Waals surface area (Å²) in [5, 5.41) is 6.40. The van der Waals surface area contributed by atoms with Gasteiger partial charge in [-0.05, 0) is 12.5 Å². The number of anilines is 2. The SMILES string of the molecule is C=CCNc1nc(C)cc(NCc2ccccc2)n1. The lowest BCUT2D eigenvalue weighted by Crippen LogP contribution is -2.07. The molecule has 1 heterocycles. The lowest BCUT2D eigenvalue weighted by molar-refractivity contribution is 1.04. The summed E-state index contributed by atoms with van der Waals surface area (Å²) in [6.07, 6.45) is 1.78. The van der Waals surface area contributed by atoms with Crippen LogP contribution < -0.4 is 10.6 Å². The summed E-state index contributed by atoms with van der Waals surface area (Å²) < 4.78 is 0. The predicted molar refractivity (Wildman–Crippen MR) is 79.2 cm³/mol. The highest BCUT2D eigenvalue weighted by Crippen LogP contribution is 2.11. The van der Waals surface area contributed by atoms with E-state index in [0.717, 1.165) is 18.1 Å². The molecule has 0 aliphatic rings.